The third kappa shape index (κ3) is 2.77. The Bertz CT molecular complexity index is 642. The Balaban J connectivity index is 1.79. The third-order valence-electron chi connectivity index (χ3n) is 4.75. The molecule has 3 rings (SSSR count). The van der Waals surface area contributed by atoms with Crippen molar-refractivity contribution in [3.8, 4) is 0 Å². The minimum absolute atomic E-state index is 0.230. The van der Waals surface area contributed by atoms with E-state index in [1.807, 2.05) is 10.7 Å². The van der Waals surface area contributed by atoms with E-state index in [2.05, 4.69) is 17.2 Å². The summed E-state index contributed by atoms with van der Waals surface area (Å²) in [5.74, 6) is 0.564. The molecule has 5 heteroatoms. The van der Waals surface area contributed by atoms with Crippen molar-refractivity contribution in [3.63, 3.8) is 0 Å². The van der Waals surface area contributed by atoms with Crippen LogP contribution in [0.3, 0.4) is 0 Å². The number of nitrogens with zero attached hydrogens (tertiary/aromatic N) is 3. The number of hydrogen-bond acceptors (Lipinski definition) is 3. The molecule has 1 aromatic carbocycles. The van der Waals surface area contributed by atoms with E-state index >= 15 is 0 Å². The van der Waals surface area contributed by atoms with Gasteiger partial charge in [-0.05, 0) is 36.8 Å². The van der Waals surface area contributed by atoms with Gasteiger partial charge in [0.25, 0.3) is 0 Å². The van der Waals surface area contributed by atoms with Gasteiger partial charge in [0.2, 0.25) is 0 Å². The number of aromatic carboxylic acids is 1. The summed E-state index contributed by atoms with van der Waals surface area (Å²) in [6, 6.07) is 5.25. The van der Waals surface area contributed by atoms with Crippen LogP contribution in [0.5, 0.6) is 0 Å². The van der Waals surface area contributed by atoms with Crippen LogP contribution in [0.2, 0.25) is 0 Å². The number of carbonyl (C=O) groups is 1. The summed E-state index contributed by atoms with van der Waals surface area (Å²) in [6.45, 7) is 3.11. The first-order chi connectivity index (χ1) is 10.2. The summed E-state index contributed by atoms with van der Waals surface area (Å²) >= 11 is 0. The quantitative estimate of drug-likeness (QED) is 0.936. The Morgan fingerprint density at radius 2 is 2.00 bits per heavy atom. The highest BCUT2D eigenvalue weighted by Gasteiger charge is 2.22. The number of fused-ring (bicyclic) bond motifs is 1. The van der Waals surface area contributed by atoms with Gasteiger partial charge in [-0.3, -0.25) is 0 Å². The molecule has 0 atom stereocenters. The standard InChI is InChI=1S/C16H21N3O2/c1-2-11-6-8-12(9-7-11)10-19-14-5-3-4-13(16(20)21)15(14)17-18-19/h3-5,11-12H,2,6-10H2,1H3,(H,20,21). The maximum atomic E-state index is 11.2. The number of carboxylic acid groups (broad SMARTS) is 1. The number of rotatable bonds is 4. The molecular formula is C16H21N3O2. The van der Waals surface area contributed by atoms with Crippen molar-refractivity contribution >= 4 is 17.0 Å². The van der Waals surface area contributed by atoms with Gasteiger partial charge in [0.1, 0.15) is 5.52 Å². The van der Waals surface area contributed by atoms with Crippen LogP contribution in [0.4, 0.5) is 0 Å². The van der Waals surface area contributed by atoms with Crippen LogP contribution in [0.25, 0.3) is 11.0 Å². The molecule has 0 spiro atoms. The first-order valence-corrected chi connectivity index (χ1v) is 7.74. The van der Waals surface area contributed by atoms with E-state index in [1.54, 1.807) is 12.1 Å². The van der Waals surface area contributed by atoms with E-state index in [4.69, 9.17) is 0 Å². The van der Waals surface area contributed by atoms with Crippen molar-refractivity contribution in [3.05, 3.63) is 23.8 Å². The summed E-state index contributed by atoms with van der Waals surface area (Å²) in [7, 11) is 0. The molecule has 1 heterocycles. The van der Waals surface area contributed by atoms with E-state index in [1.165, 1.54) is 32.1 Å². The predicted molar refractivity (Wildman–Crippen MR) is 80.2 cm³/mol. The first-order valence-electron chi connectivity index (χ1n) is 7.74. The zero-order valence-electron chi connectivity index (χ0n) is 12.3. The molecule has 1 N–H and O–H groups in total. The van der Waals surface area contributed by atoms with Gasteiger partial charge in [0.05, 0.1) is 11.1 Å². The number of aromatic nitrogens is 3. The minimum Gasteiger partial charge on any atom is -0.478 e. The summed E-state index contributed by atoms with van der Waals surface area (Å²) in [5, 5.41) is 17.4. The Morgan fingerprint density at radius 3 is 2.67 bits per heavy atom. The van der Waals surface area contributed by atoms with Crippen LogP contribution >= 0.6 is 0 Å². The predicted octanol–water partition coefficient (Wildman–Crippen LogP) is 3.35. The van der Waals surface area contributed by atoms with Gasteiger partial charge in [0.15, 0.2) is 0 Å². The molecule has 112 valence electrons. The Kier molecular flexibility index (Phi) is 3.90. The molecule has 0 aliphatic heterocycles. The van der Waals surface area contributed by atoms with Crippen molar-refractivity contribution in [2.24, 2.45) is 11.8 Å². The Hall–Kier alpha value is -1.91. The van der Waals surface area contributed by atoms with Crippen LogP contribution in [-0.4, -0.2) is 26.1 Å². The van der Waals surface area contributed by atoms with E-state index in [9.17, 15) is 9.90 Å². The van der Waals surface area contributed by atoms with Crippen molar-refractivity contribution in [1.82, 2.24) is 15.0 Å². The molecule has 0 radical (unpaired) electrons. The van der Waals surface area contributed by atoms with Crippen molar-refractivity contribution in [2.45, 2.75) is 45.6 Å². The van der Waals surface area contributed by atoms with Crippen LogP contribution in [-0.2, 0) is 6.54 Å². The summed E-state index contributed by atoms with van der Waals surface area (Å²) < 4.78 is 1.87. The summed E-state index contributed by atoms with van der Waals surface area (Å²) in [5.41, 5.74) is 1.55. The third-order valence-corrected chi connectivity index (χ3v) is 4.75. The second-order valence-electron chi connectivity index (χ2n) is 6.05. The fourth-order valence-electron chi connectivity index (χ4n) is 3.37. The van der Waals surface area contributed by atoms with Gasteiger partial charge in [-0.1, -0.05) is 37.5 Å². The Labute approximate surface area is 124 Å². The fourth-order valence-corrected chi connectivity index (χ4v) is 3.37. The van der Waals surface area contributed by atoms with Crippen molar-refractivity contribution in [2.75, 3.05) is 0 Å². The lowest BCUT2D eigenvalue weighted by Crippen LogP contribution is -2.19. The highest BCUT2D eigenvalue weighted by molar-refractivity contribution is 6.00. The lowest BCUT2D eigenvalue weighted by molar-refractivity contribution is 0.0699. The van der Waals surface area contributed by atoms with Gasteiger partial charge in [-0.25, -0.2) is 9.48 Å². The zero-order chi connectivity index (χ0) is 14.8. The van der Waals surface area contributed by atoms with Gasteiger partial charge in [0, 0.05) is 6.54 Å². The van der Waals surface area contributed by atoms with Gasteiger partial charge >= 0.3 is 5.97 Å². The van der Waals surface area contributed by atoms with E-state index < -0.39 is 5.97 Å². The van der Waals surface area contributed by atoms with Gasteiger partial charge < -0.3 is 5.11 Å². The highest BCUT2D eigenvalue weighted by atomic mass is 16.4. The first kappa shape index (κ1) is 14.0. The lowest BCUT2D eigenvalue weighted by Gasteiger charge is -2.27. The van der Waals surface area contributed by atoms with E-state index in [-0.39, 0.29) is 5.56 Å². The largest absolute Gasteiger partial charge is 0.478 e. The smallest absolute Gasteiger partial charge is 0.338 e. The lowest BCUT2D eigenvalue weighted by atomic mass is 9.81. The number of carboxylic acids is 1. The second-order valence-corrected chi connectivity index (χ2v) is 6.05. The van der Waals surface area contributed by atoms with E-state index in [0.717, 1.165) is 18.0 Å². The molecule has 5 nitrogen and oxygen atoms in total. The highest BCUT2D eigenvalue weighted by Crippen LogP contribution is 2.32. The molecule has 21 heavy (non-hydrogen) atoms. The van der Waals surface area contributed by atoms with Gasteiger partial charge in [-0.2, -0.15) is 0 Å². The van der Waals surface area contributed by atoms with Crippen molar-refractivity contribution in [1.29, 1.82) is 0 Å². The second kappa shape index (κ2) is 5.84. The van der Waals surface area contributed by atoms with Crippen LogP contribution in [0, 0.1) is 11.8 Å². The van der Waals surface area contributed by atoms with E-state index in [0.29, 0.717) is 11.4 Å². The fraction of sp³-hybridized carbons (Fsp3) is 0.562. The molecule has 2 aromatic rings. The molecular weight excluding hydrogens is 266 g/mol. The maximum Gasteiger partial charge on any atom is 0.338 e. The normalized spacial score (nSPS) is 22.5. The zero-order valence-corrected chi connectivity index (χ0v) is 12.3. The molecule has 1 aromatic heterocycles. The SMILES string of the molecule is CCC1CCC(Cn2nnc3c(C(=O)O)cccc32)CC1. The van der Waals surface area contributed by atoms with Gasteiger partial charge in [-0.15, -0.1) is 5.10 Å². The van der Waals surface area contributed by atoms with Crippen molar-refractivity contribution < 1.29 is 9.90 Å². The molecule has 0 saturated heterocycles. The number of hydrogen-bond donors (Lipinski definition) is 1. The molecule has 1 aliphatic carbocycles. The topological polar surface area (TPSA) is 68.0 Å². The molecule has 1 saturated carbocycles. The summed E-state index contributed by atoms with van der Waals surface area (Å²) in [4.78, 5) is 11.2. The van der Waals surface area contributed by atoms with Crippen LogP contribution in [0.15, 0.2) is 18.2 Å². The summed E-state index contributed by atoms with van der Waals surface area (Å²) in [6.07, 6.45) is 6.35. The van der Waals surface area contributed by atoms with Crippen LogP contribution < -0.4 is 0 Å². The molecule has 1 fully saturated rings. The Morgan fingerprint density at radius 1 is 1.29 bits per heavy atom. The monoisotopic (exact) mass is 287 g/mol. The van der Waals surface area contributed by atoms with Crippen LogP contribution in [0.1, 0.15) is 49.4 Å². The maximum absolute atomic E-state index is 11.2. The minimum atomic E-state index is -0.948. The molecule has 0 bridgehead atoms. The molecule has 0 unspecified atom stereocenters. The molecule has 1 aliphatic rings. The average Bonchev–Trinajstić information content (AvgIpc) is 2.91. The molecule has 0 amide bonds. The number of benzene rings is 1. The average molecular weight is 287 g/mol.